The van der Waals surface area contributed by atoms with Crippen molar-refractivity contribution in [2.75, 3.05) is 11.4 Å². The van der Waals surface area contributed by atoms with E-state index in [2.05, 4.69) is 10.6 Å². The molecule has 4 rings (SSSR count). The number of aryl methyl sites for hydroxylation is 2. The van der Waals surface area contributed by atoms with Crippen molar-refractivity contribution < 1.29 is 18.8 Å². The number of carbonyl (C=O) groups is 3. The molecule has 1 saturated carbocycles. The molecule has 2 aromatic heterocycles. The van der Waals surface area contributed by atoms with Gasteiger partial charge < -0.3 is 15.1 Å². The molecule has 2 heterocycles. The average molecular weight is 494 g/mol. The lowest BCUT2D eigenvalue weighted by Gasteiger charge is -2.32. The van der Waals surface area contributed by atoms with Gasteiger partial charge in [0.25, 0.3) is 11.8 Å². The standard InChI is InChI=1S/C27H31N3O4S/c1-18-14-19(2)16-21(15-18)30(24(31)17-28-26(32)23-11-7-13-35-23)25(22-10-6-12-34-22)27(33)29-20-8-4-3-5-9-20/h6-7,10-16,20,25H,3-5,8-9,17H2,1-2H3,(H,28,32)(H,29,33)/t25-/m0/s1. The van der Waals surface area contributed by atoms with E-state index in [0.29, 0.717) is 16.3 Å². The van der Waals surface area contributed by atoms with Gasteiger partial charge in [-0.2, -0.15) is 0 Å². The number of nitrogens with zero attached hydrogens (tertiary/aromatic N) is 1. The Morgan fingerprint density at radius 1 is 1.06 bits per heavy atom. The molecule has 0 aliphatic heterocycles. The van der Waals surface area contributed by atoms with E-state index in [1.165, 1.54) is 28.9 Å². The number of furan rings is 1. The van der Waals surface area contributed by atoms with Gasteiger partial charge in [0.05, 0.1) is 17.7 Å². The highest BCUT2D eigenvalue weighted by Crippen LogP contribution is 2.31. The summed E-state index contributed by atoms with van der Waals surface area (Å²) in [5, 5.41) is 7.66. The van der Waals surface area contributed by atoms with Gasteiger partial charge in [0.1, 0.15) is 5.76 Å². The number of hydrogen-bond acceptors (Lipinski definition) is 5. The smallest absolute Gasteiger partial charge is 0.261 e. The molecule has 0 radical (unpaired) electrons. The third kappa shape index (κ3) is 6.19. The highest BCUT2D eigenvalue weighted by Gasteiger charge is 2.36. The molecule has 3 amide bonds. The summed E-state index contributed by atoms with van der Waals surface area (Å²) in [5.41, 5.74) is 2.51. The van der Waals surface area contributed by atoms with Crippen LogP contribution in [0.3, 0.4) is 0 Å². The first-order valence-electron chi connectivity index (χ1n) is 12.0. The number of thiophene rings is 1. The van der Waals surface area contributed by atoms with E-state index in [4.69, 9.17) is 4.42 Å². The number of nitrogens with one attached hydrogen (secondary N) is 2. The molecule has 1 atom stereocenters. The Balaban J connectivity index is 1.66. The highest BCUT2D eigenvalue weighted by atomic mass is 32.1. The minimum absolute atomic E-state index is 0.0726. The second-order valence-electron chi connectivity index (χ2n) is 9.03. The molecule has 0 spiro atoms. The van der Waals surface area contributed by atoms with Crippen molar-refractivity contribution in [3.63, 3.8) is 0 Å². The summed E-state index contributed by atoms with van der Waals surface area (Å²) in [6, 6.07) is 11.7. The first-order chi connectivity index (χ1) is 16.9. The van der Waals surface area contributed by atoms with Crippen molar-refractivity contribution in [1.82, 2.24) is 10.6 Å². The Labute approximate surface area is 209 Å². The highest BCUT2D eigenvalue weighted by molar-refractivity contribution is 7.12. The van der Waals surface area contributed by atoms with Gasteiger partial charge in [0.2, 0.25) is 5.91 Å². The van der Waals surface area contributed by atoms with Gasteiger partial charge in [-0.15, -0.1) is 11.3 Å². The predicted molar refractivity (Wildman–Crippen MR) is 137 cm³/mol. The van der Waals surface area contributed by atoms with Crippen LogP contribution in [-0.2, 0) is 9.59 Å². The lowest BCUT2D eigenvalue weighted by Crippen LogP contribution is -2.49. The van der Waals surface area contributed by atoms with Crippen LogP contribution in [0, 0.1) is 13.8 Å². The zero-order valence-corrected chi connectivity index (χ0v) is 20.9. The minimum atomic E-state index is -1.00. The van der Waals surface area contributed by atoms with Gasteiger partial charge in [-0.05, 0) is 73.5 Å². The molecule has 0 saturated heterocycles. The number of rotatable bonds is 8. The Bertz CT molecular complexity index is 1130. The summed E-state index contributed by atoms with van der Waals surface area (Å²) >= 11 is 1.30. The van der Waals surface area contributed by atoms with Crippen LogP contribution in [0.5, 0.6) is 0 Å². The summed E-state index contributed by atoms with van der Waals surface area (Å²) in [7, 11) is 0. The van der Waals surface area contributed by atoms with Gasteiger partial charge in [-0.25, -0.2) is 0 Å². The molecule has 7 nitrogen and oxygen atoms in total. The summed E-state index contributed by atoms with van der Waals surface area (Å²) < 4.78 is 5.66. The topological polar surface area (TPSA) is 91.7 Å². The maximum absolute atomic E-state index is 13.7. The van der Waals surface area contributed by atoms with Crippen LogP contribution in [-0.4, -0.2) is 30.3 Å². The molecular formula is C27H31N3O4S. The van der Waals surface area contributed by atoms with E-state index in [1.807, 2.05) is 32.0 Å². The number of benzene rings is 1. The summed E-state index contributed by atoms with van der Waals surface area (Å²) in [6.45, 7) is 3.64. The summed E-state index contributed by atoms with van der Waals surface area (Å²) in [5.74, 6) is -0.644. The van der Waals surface area contributed by atoms with Gasteiger partial charge in [0.15, 0.2) is 6.04 Å². The Morgan fingerprint density at radius 3 is 2.43 bits per heavy atom. The third-order valence-corrected chi connectivity index (χ3v) is 7.04. The van der Waals surface area contributed by atoms with E-state index in [9.17, 15) is 14.4 Å². The van der Waals surface area contributed by atoms with Crippen molar-refractivity contribution in [3.8, 4) is 0 Å². The van der Waals surface area contributed by atoms with E-state index in [1.54, 1.807) is 29.6 Å². The lowest BCUT2D eigenvalue weighted by atomic mass is 9.95. The van der Waals surface area contributed by atoms with Gasteiger partial charge >= 0.3 is 0 Å². The molecule has 35 heavy (non-hydrogen) atoms. The van der Waals surface area contributed by atoms with Crippen LogP contribution in [0.25, 0.3) is 0 Å². The van der Waals surface area contributed by atoms with Crippen LogP contribution in [0.15, 0.2) is 58.5 Å². The largest absolute Gasteiger partial charge is 0.467 e. The van der Waals surface area contributed by atoms with Crippen LogP contribution in [0.2, 0.25) is 0 Å². The fourth-order valence-corrected chi connectivity index (χ4v) is 5.25. The van der Waals surface area contributed by atoms with Crippen LogP contribution in [0.4, 0.5) is 5.69 Å². The SMILES string of the molecule is Cc1cc(C)cc(N(C(=O)CNC(=O)c2cccs2)[C@H](C(=O)NC2CCCCC2)c2ccco2)c1. The van der Waals surface area contributed by atoms with Crippen LogP contribution < -0.4 is 15.5 Å². The number of anilines is 1. The molecule has 0 unspecified atom stereocenters. The average Bonchev–Trinajstić information content (AvgIpc) is 3.55. The fraction of sp³-hybridized carbons (Fsp3) is 0.370. The molecule has 1 aliphatic carbocycles. The lowest BCUT2D eigenvalue weighted by molar-refractivity contribution is -0.127. The number of hydrogen-bond donors (Lipinski definition) is 2. The zero-order valence-electron chi connectivity index (χ0n) is 20.1. The van der Waals surface area contributed by atoms with Crippen molar-refractivity contribution >= 4 is 34.7 Å². The molecule has 2 N–H and O–H groups in total. The monoisotopic (exact) mass is 493 g/mol. The molecule has 0 bridgehead atoms. The number of amides is 3. The van der Waals surface area contributed by atoms with E-state index in [-0.39, 0.29) is 24.4 Å². The summed E-state index contributed by atoms with van der Waals surface area (Å²) in [6.07, 6.45) is 6.66. The predicted octanol–water partition coefficient (Wildman–Crippen LogP) is 4.91. The number of carbonyl (C=O) groups excluding carboxylic acids is 3. The Morgan fingerprint density at radius 2 is 1.80 bits per heavy atom. The van der Waals surface area contributed by atoms with Crippen LogP contribution >= 0.6 is 11.3 Å². The van der Waals surface area contributed by atoms with E-state index in [0.717, 1.165) is 36.8 Å². The second kappa shape index (κ2) is 11.4. The molecule has 1 aromatic carbocycles. The third-order valence-electron chi connectivity index (χ3n) is 6.17. The first kappa shape index (κ1) is 24.7. The van der Waals surface area contributed by atoms with Crippen molar-refractivity contribution in [3.05, 3.63) is 75.9 Å². The molecule has 8 heteroatoms. The van der Waals surface area contributed by atoms with E-state index >= 15 is 0 Å². The molecule has 1 aliphatic rings. The molecular weight excluding hydrogens is 462 g/mol. The quantitative estimate of drug-likeness (QED) is 0.466. The van der Waals surface area contributed by atoms with Crippen molar-refractivity contribution in [2.24, 2.45) is 0 Å². The second-order valence-corrected chi connectivity index (χ2v) is 9.98. The minimum Gasteiger partial charge on any atom is -0.467 e. The Hall–Kier alpha value is -3.39. The van der Waals surface area contributed by atoms with Crippen LogP contribution in [0.1, 0.15) is 64.7 Å². The molecule has 1 fully saturated rings. The Kier molecular flexibility index (Phi) is 8.02. The van der Waals surface area contributed by atoms with Gasteiger partial charge in [-0.1, -0.05) is 31.4 Å². The van der Waals surface area contributed by atoms with Gasteiger partial charge in [0, 0.05) is 11.7 Å². The van der Waals surface area contributed by atoms with E-state index < -0.39 is 11.9 Å². The fourth-order valence-electron chi connectivity index (χ4n) is 4.61. The van der Waals surface area contributed by atoms with Crippen molar-refractivity contribution in [2.45, 2.75) is 58.0 Å². The first-order valence-corrected chi connectivity index (χ1v) is 12.9. The molecule has 184 valence electrons. The normalized spacial score (nSPS) is 14.8. The summed E-state index contributed by atoms with van der Waals surface area (Å²) in [4.78, 5) is 41.8. The van der Waals surface area contributed by atoms with Crippen molar-refractivity contribution in [1.29, 1.82) is 0 Å². The maximum Gasteiger partial charge on any atom is 0.261 e. The molecule has 3 aromatic rings. The maximum atomic E-state index is 13.7. The van der Waals surface area contributed by atoms with Gasteiger partial charge in [-0.3, -0.25) is 19.3 Å². The zero-order chi connectivity index (χ0) is 24.8.